The molecule has 2 unspecified atom stereocenters. The first-order valence-corrected chi connectivity index (χ1v) is 5.71. The second kappa shape index (κ2) is 3.97. The van der Waals surface area contributed by atoms with E-state index in [9.17, 15) is 0 Å². The summed E-state index contributed by atoms with van der Waals surface area (Å²) in [5.74, 6) is 1.77. The minimum absolute atomic E-state index is 0. The molecule has 82 valence electrons. The number of fused-ring (bicyclic) bond motifs is 5. The Morgan fingerprint density at radius 1 is 1.13 bits per heavy atom. The summed E-state index contributed by atoms with van der Waals surface area (Å²) in [7, 11) is 0. The Morgan fingerprint density at radius 3 is 2.60 bits per heavy atom. The summed E-state index contributed by atoms with van der Waals surface area (Å²) >= 11 is 0. The van der Waals surface area contributed by atoms with Crippen LogP contribution in [0.1, 0.15) is 55.2 Å². The quantitative estimate of drug-likeness (QED) is 0.785. The molecular formula is C14H21N. The summed E-state index contributed by atoms with van der Waals surface area (Å²) in [4.78, 5) is 0. The van der Waals surface area contributed by atoms with Crippen LogP contribution in [0.25, 0.3) is 0 Å². The van der Waals surface area contributed by atoms with Crippen LogP contribution in [0, 0.1) is 0 Å². The molecule has 2 bridgehead atoms. The van der Waals surface area contributed by atoms with Gasteiger partial charge in [-0.1, -0.05) is 25.6 Å². The predicted molar refractivity (Wildman–Crippen MR) is 65.3 cm³/mol. The molecule has 2 aliphatic carbocycles. The van der Waals surface area contributed by atoms with Crippen molar-refractivity contribution in [2.75, 3.05) is 6.54 Å². The first-order valence-electron chi connectivity index (χ1n) is 5.71. The molecule has 15 heavy (non-hydrogen) atoms. The highest BCUT2D eigenvalue weighted by Crippen LogP contribution is 2.52. The number of hydrogen-bond donors (Lipinski definition) is 1. The molecule has 2 N–H and O–H groups in total. The van der Waals surface area contributed by atoms with Gasteiger partial charge in [0.05, 0.1) is 0 Å². The highest BCUT2D eigenvalue weighted by atomic mass is 14.5. The van der Waals surface area contributed by atoms with Crippen molar-refractivity contribution in [1.82, 2.24) is 0 Å². The second-order valence-electron chi connectivity index (χ2n) is 4.71. The van der Waals surface area contributed by atoms with Gasteiger partial charge in [-0.2, -0.15) is 0 Å². The molecule has 1 aromatic rings. The van der Waals surface area contributed by atoms with Crippen LogP contribution in [0.15, 0.2) is 18.2 Å². The third kappa shape index (κ3) is 1.59. The zero-order valence-electron chi connectivity index (χ0n) is 8.50. The lowest BCUT2D eigenvalue weighted by Gasteiger charge is -2.15. The van der Waals surface area contributed by atoms with E-state index in [1.165, 1.54) is 24.8 Å². The maximum atomic E-state index is 5.58. The third-order valence-electron chi connectivity index (χ3n) is 3.90. The van der Waals surface area contributed by atoms with Gasteiger partial charge in [0.2, 0.25) is 0 Å². The Morgan fingerprint density at radius 2 is 1.87 bits per heavy atom. The smallest absolute Gasteiger partial charge is 0.00367 e. The zero-order chi connectivity index (χ0) is 9.54. The van der Waals surface area contributed by atoms with Crippen molar-refractivity contribution in [2.45, 2.75) is 44.9 Å². The molecule has 2 atom stereocenters. The highest BCUT2D eigenvalue weighted by Gasteiger charge is 2.36. The van der Waals surface area contributed by atoms with Gasteiger partial charge in [-0.25, -0.2) is 0 Å². The third-order valence-corrected chi connectivity index (χ3v) is 3.90. The monoisotopic (exact) mass is 203 g/mol. The van der Waals surface area contributed by atoms with Crippen molar-refractivity contribution < 1.29 is 0 Å². The molecule has 1 fully saturated rings. The van der Waals surface area contributed by atoms with E-state index in [0.29, 0.717) is 0 Å². The van der Waals surface area contributed by atoms with Crippen molar-refractivity contribution in [2.24, 2.45) is 5.73 Å². The molecule has 0 spiro atoms. The van der Waals surface area contributed by atoms with Crippen LogP contribution < -0.4 is 5.73 Å². The average molecular weight is 203 g/mol. The largest absolute Gasteiger partial charge is 0.330 e. The first-order chi connectivity index (χ1) is 6.88. The van der Waals surface area contributed by atoms with Crippen LogP contribution in [-0.2, 0) is 6.42 Å². The SMILES string of the molecule is C.NCCc1ccc2c(c1)C1CCC2C1. The van der Waals surface area contributed by atoms with Gasteiger partial charge in [-0.05, 0) is 60.8 Å². The molecule has 0 heterocycles. The van der Waals surface area contributed by atoms with Gasteiger partial charge in [0.1, 0.15) is 0 Å². The van der Waals surface area contributed by atoms with Gasteiger partial charge < -0.3 is 5.73 Å². The lowest BCUT2D eigenvalue weighted by atomic mass is 9.90. The van der Waals surface area contributed by atoms with E-state index in [4.69, 9.17) is 5.73 Å². The van der Waals surface area contributed by atoms with Gasteiger partial charge in [-0.3, -0.25) is 0 Å². The summed E-state index contributed by atoms with van der Waals surface area (Å²) in [5, 5.41) is 0. The Hall–Kier alpha value is -0.820. The fourth-order valence-corrected chi connectivity index (χ4v) is 3.22. The topological polar surface area (TPSA) is 26.0 Å². The Kier molecular flexibility index (Phi) is 2.83. The van der Waals surface area contributed by atoms with Crippen LogP contribution >= 0.6 is 0 Å². The van der Waals surface area contributed by atoms with E-state index in [1.54, 1.807) is 11.1 Å². The maximum absolute atomic E-state index is 5.58. The normalized spacial score (nSPS) is 26.2. The summed E-state index contributed by atoms with van der Waals surface area (Å²) in [5.41, 5.74) is 10.3. The fraction of sp³-hybridized carbons (Fsp3) is 0.571. The van der Waals surface area contributed by atoms with Crippen LogP contribution in [0.3, 0.4) is 0 Å². The molecule has 0 radical (unpaired) electrons. The molecule has 0 saturated heterocycles. The van der Waals surface area contributed by atoms with Crippen molar-refractivity contribution in [3.8, 4) is 0 Å². The van der Waals surface area contributed by atoms with Gasteiger partial charge in [0.25, 0.3) is 0 Å². The minimum atomic E-state index is 0. The Bertz CT molecular complexity index is 356. The lowest BCUT2D eigenvalue weighted by Crippen LogP contribution is -2.04. The predicted octanol–water partition coefficient (Wildman–Crippen LogP) is 3.19. The summed E-state index contributed by atoms with van der Waals surface area (Å²) in [6.45, 7) is 0.771. The molecule has 1 heteroatoms. The van der Waals surface area contributed by atoms with E-state index in [-0.39, 0.29) is 7.43 Å². The van der Waals surface area contributed by atoms with Crippen LogP contribution in [0.4, 0.5) is 0 Å². The lowest BCUT2D eigenvalue weighted by molar-refractivity contribution is 0.715. The summed E-state index contributed by atoms with van der Waals surface area (Å²) in [6, 6.07) is 7.03. The van der Waals surface area contributed by atoms with Gasteiger partial charge >= 0.3 is 0 Å². The second-order valence-corrected chi connectivity index (χ2v) is 4.71. The number of benzene rings is 1. The summed E-state index contributed by atoms with van der Waals surface area (Å²) in [6.07, 6.45) is 5.30. The van der Waals surface area contributed by atoms with Crippen molar-refractivity contribution in [3.63, 3.8) is 0 Å². The van der Waals surface area contributed by atoms with Crippen molar-refractivity contribution in [1.29, 1.82) is 0 Å². The van der Waals surface area contributed by atoms with E-state index < -0.39 is 0 Å². The van der Waals surface area contributed by atoms with E-state index in [1.807, 2.05) is 0 Å². The number of hydrogen-bond acceptors (Lipinski definition) is 1. The van der Waals surface area contributed by atoms with Gasteiger partial charge in [0, 0.05) is 0 Å². The minimum Gasteiger partial charge on any atom is -0.330 e. The molecule has 1 aromatic carbocycles. The van der Waals surface area contributed by atoms with Crippen LogP contribution in [-0.4, -0.2) is 6.54 Å². The Labute approximate surface area is 92.7 Å². The molecular weight excluding hydrogens is 182 g/mol. The van der Waals surface area contributed by atoms with E-state index in [2.05, 4.69) is 18.2 Å². The molecule has 1 nitrogen and oxygen atoms in total. The van der Waals surface area contributed by atoms with E-state index in [0.717, 1.165) is 24.8 Å². The number of nitrogens with two attached hydrogens (primary N) is 1. The molecule has 0 aliphatic heterocycles. The molecule has 2 aliphatic rings. The average Bonchev–Trinajstić information content (AvgIpc) is 2.78. The molecule has 0 aromatic heterocycles. The van der Waals surface area contributed by atoms with Gasteiger partial charge in [0.15, 0.2) is 0 Å². The summed E-state index contributed by atoms with van der Waals surface area (Å²) < 4.78 is 0. The van der Waals surface area contributed by atoms with Crippen molar-refractivity contribution in [3.05, 3.63) is 34.9 Å². The van der Waals surface area contributed by atoms with Crippen molar-refractivity contribution >= 4 is 0 Å². The number of rotatable bonds is 2. The van der Waals surface area contributed by atoms with Gasteiger partial charge in [-0.15, -0.1) is 0 Å². The maximum Gasteiger partial charge on any atom is -0.00367 e. The Balaban J connectivity index is 0.000000853. The van der Waals surface area contributed by atoms with Crippen LogP contribution in [0.2, 0.25) is 0 Å². The zero-order valence-corrected chi connectivity index (χ0v) is 8.50. The van der Waals surface area contributed by atoms with E-state index >= 15 is 0 Å². The molecule has 0 amide bonds. The molecule has 1 saturated carbocycles. The fourth-order valence-electron chi connectivity index (χ4n) is 3.22. The standard InChI is InChI=1S/C13H17N.CH4/c14-6-5-9-1-4-12-10-2-3-11(8-10)13(12)7-9;/h1,4,7,10-11H,2-3,5-6,8,14H2;1H4. The van der Waals surface area contributed by atoms with Crippen LogP contribution in [0.5, 0.6) is 0 Å². The highest BCUT2D eigenvalue weighted by molar-refractivity contribution is 5.43. The first kappa shape index (κ1) is 10.7. The molecule has 3 rings (SSSR count).